The third kappa shape index (κ3) is 5.02. The van der Waals surface area contributed by atoms with Crippen LogP contribution in [0.1, 0.15) is 48.8 Å². The molecular weight excluding hydrogens is 504 g/mol. The molecule has 3 aromatic carbocycles. The molecule has 0 unspecified atom stereocenters. The van der Waals surface area contributed by atoms with Crippen molar-refractivity contribution in [2.24, 2.45) is 0 Å². The van der Waals surface area contributed by atoms with Crippen LogP contribution in [0.5, 0.6) is 5.75 Å². The van der Waals surface area contributed by atoms with Gasteiger partial charge in [-0.15, -0.1) is 0 Å². The number of benzene rings is 3. The van der Waals surface area contributed by atoms with E-state index in [1.165, 1.54) is 0 Å². The number of halogens is 1. The van der Waals surface area contributed by atoms with Crippen LogP contribution in [0.25, 0.3) is 0 Å². The molecule has 2 N–H and O–H groups in total. The molecule has 0 saturated heterocycles. The van der Waals surface area contributed by atoms with Crippen LogP contribution in [0.3, 0.4) is 0 Å². The van der Waals surface area contributed by atoms with Gasteiger partial charge in [-0.2, -0.15) is 0 Å². The Bertz CT molecular complexity index is 1420. The zero-order valence-electron chi connectivity index (χ0n) is 20.8. The Morgan fingerprint density at radius 1 is 0.974 bits per heavy atom. The van der Waals surface area contributed by atoms with Gasteiger partial charge in [0.05, 0.1) is 30.9 Å². The van der Waals surface area contributed by atoms with Crippen LogP contribution in [0.2, 0.25) is 5.02 Å². The molecule has 194 valence electrons. The largest absolute Gasteiger partial charge is 0.497 e. The predicted molar refractivity (Wildman–Crippen MR) is 146 cm³/mol. The van der Waals surface area contributed by atoms with Crippen molar-refractivity contribution >= 4 is 40.6 Å². The lowest BCUT2D eigenvalue weighted by Crippen LogP contribution is -2.38. The van der Waals surface area contributed by atoms with Crippen molar-refractivity contribution in [2.75, 3.05) is 17.3 Å². The fraction of sp³-hybridized carbons (Fsp3) is 0.233. The monoisotopic (exact) mass is 530 g/mol. The number of para-hydroxylation sites is 2. The zero-order chi connectivity index (χ0) is 26.8. The van der Waals surface area contributed by atoms with E-state index in [4.69, 9.17) is 16.3 Å². The number of nitrogens with one attached hydrogen (secondary N) is 1. The fourth-order valence-electron chi connectivity index (χ4n) is 5.27. The highest BCUT2D eigenvalue weighted by molar-refractivity contribution is 6.30. The van der Waals surface area contributed by atoms with Gasteiger partial charge in [0.25, 0.3) is 0 Å². The van der Waals surface area contributed by atoms with Gasteiger partial charge in [-0.3, -0.25) is 19.3 Å². The number of fused-ring (bicyclic) bond motifs is 1. The van der Waals surface area contributed by atoms with Crippen LogP contribution in [0.15, 0.2) is 84.1 Å². The Morgan fingerprint density at radius 3 is 2.34 bits per heavy atom. The van der Waals surface area contributed by atoms with Crippen molar-refractivity contribution in [2.45, 2.75) is 37.6 Å². The van der Waals surface area contributed by atoms with E-state index in [1.54, 1.807) is 24.1 Å². The molecule has 38 heavy (non-hydrogen) atoms. The number of carbonyl (C=O) groups is 3. The average molecular weight is 531 g/mol. The van der Waals surface area contributed by atoms with Crippen LogP contribution in [0.4, 0.5) is 11.4 Å². The first-order chi connectivity index (χ1) is 18.4. The molecule has 2 atom stereocenters. The number of aliphatic carboxylic acids is 1. The van der Waals surface area contributed by atoms with Gasteiger partial charge in [0.1, 0.15) is 5.75 Å². The second-order valence-electron chi connectivity index (χ2n) is 9.45. The summed E-state index contributed by atoms with van der Waals surface area (Å²) in [5.74, 6) is -0.896. The van der Waals surface area contributed by atoms with Gasteiger partial charge in [-0.05, 0) is 59.9 Å². The van der Waals surface area contributed by atoms with E-state index in [0.717, 1.165) is 16.8 Å². The van der Waals surface area contributed by atoms with Crippen LogP contribution in [0, 0.1) is 0 Å². The van der Waals surface area contributed by atoms with Gasteiger partial charge in [-0.25, -0.2) is 0 Å². The maximum atomic E-state index is 13.9. The number of hydrogen-bond acceptors (Lipinski definition) is 5. The minimum atomic E-state index is -1.06. The Morgan fingerprint density at radius 2 is 1.66 bits per heavy atom. The number of amides is 1. The summed E-state index contributed by atoms with van der Waals surface area (Å²) in [5.41, 5.74) is 4.30. The van der Waals surface area contributed by atoms with Crippen LogP contribution in [-0.4, -0.2) is 29.9 Å². The number of carbonyl (C=O) groups excluding carboxylic acids is 2. The van der Waals surface area contributed by atoms with Crippen LogP contribution < -0.4 is 15.0 Å². The summed E-state index contributed by atoms with van der Waals surface area (Å²) in [6.45, 7) is 0. The minimum absolute atomic E-state index is 0.0519. The molecule has 8 heteroatoms. The molecule has 0 aromatic heterocycles. The molecule has 3 aromatic rings. The number of anilines is 2. The van der Waals surface area contributed by atoms with E-state index < -0.39 is 12.0 Å². The first-order valence-electron chi connectivity index (χ1n) is 12.4. The maximum Gasteiger partial charge on any atom is 0.303 e. The van der Waals surface area contributed by atoms with Crippen molar-refractivity contribution in [3.63, 3.8) is 0 Å². The topological polar surface area (TPSA) is 95.9 Å². The van der Waals surface area contributed by atoms with Gasteiger partial charge < -0.3 is 15.2 Å². The van der Waals surface area contributed by atoms with Crippen molar-refractivity contribution in [1.82, 2.24) is 0 Å². The Balaban J connectivity index is 1.67. The molecule has 0 bridgehead atoms. The zero-order valence-corrected chi connectivity index (χ0v) is 21.6. The second-order valence-corrected chi connectivity index (χ2v) is 9.88. The molecule has 1 amide bonds. The van der Waals surface area contributed by atoms with Gasteiger partial charge in [0.15, 0.2) is 5.78 Å². The van der Waals surface area contributed by atoms with Crippen LogP contribution in [-0.2, 0) is 14.4 Å². The first kappa shape index (κ1) is 25.5. The molecular formula is C30H27ClN2O5. The molecule has 0 fully saturated rings. The Labute approximate surface area is 225 Å². The number of Topliss-reactive ketones (excluding diaryl/α,β-unsaturated/α-hetero) is 1. The molecule has 7 nitrogen and oxygen atoms in total. The normalized spacial score (nSPS) is 18.7. The highest BCUT2D eigenvalue weighted by atomic mass is 35.5. The molecule has 0 saturated carbocycles. The summed E-state index contributed by atoms with van der Waals surface area (Å²) in [6.07, 6.45) is 0.350. The number of carboxylic acid groups (broad SMARTS) is 1. The third-order valence-corrected chi connectivity index (χ3v) is 7.33. The van der Waals surface area contributed by atoms with Crippen molar-refractivity contribution in [3.05, 3.63) is 100 Å². The number of ether oxygens (including phenoxy) is 1. The van der Waals surface area contributed by atoms with Gasteiger partial charge >= 0.3 is 5.97 Å². The summed E-state index contributed by atoms with van der Waals surface area (Å²) < 4.78 is 5.33. The number of carboxylic acids is 1. The lowest BCUT2D eigenvalue weighted by atomic mass is 9.78. The quantitative estimate of drug-likeness (QED) is 0.399. The number of allylic oxidation sites excluding steroid dienone is 1. The fourth-order valence-corrected chi connectivity index (χ4v) is 5.40. The van der Waals surface area contributed by atoms with Crippen molar-refractivity contribution in [3.8, 4) is 5.75 Å². The number of rotatable bonds is 6. The molecule has 0 spiro atoms. The van der Waals surface area contributed by atoms with E-state index in [9.17, 15) is 19.5 Å². The number of methoxy groups -OCH3 is 1. The van der Waals surface area contributed by atoms with E-state index >= 15 is 0 Å². The summed E-state index contributed by atoms with van der Waals surface area (Å²) in [4.78, 5) is 40.5. The third-order valence-electron chi connectivity index (χ3n) is 7.08. The molecule has 1 heterocycles. The highest BCUT2D eigenvalue weighted by Crippen LogP contribution is 2.47. The Hall–Kier alpha value is -4.10. The van der Waals surface area contributed by atoms with E-state index in [0.29, 0.717) is 34.1 Å². The SMILES string of the molecule is COc1ccc([C@H]2C3=C(C[C@H](c4ccc(Cl)cc4)CC3=O)Nc3ccccc3N2C(=O)CCC(=O)O)cc1. The lowest BCUT2D eigenvalue weighted by molar-refractivity contribution is -0.138. The number of nitrogens with zero attached hydrogens (tertiary/aromatic N) is 1. The summed E-state index contributed by atoms with van der Waals surface area (Å²) in [7, 11) is 1.57. The van der Waals surface area contributed by atoms with Gasteiger partial charge in [-0.1, -0.05) is 48.0 Å². The lowest BCUT2D eigenvalue weighted by Gasteiger charge is -2.35. The molecule has 2 aliphatic rings. The molecule has 1 aliphatic heterocycles. The first-order valence-corrected chi connectivity index (χ1v) is 12.8. The molecule has 1 aliphatic carbocycles. The van der Waals surface area contributed by atoms with E-state index in [1.807, 2.05) is 60.7 Å². The molecule has 0 radical (unpaired) electrons. The van der Waals surface area contributed by atoms with Crippen LogP contribution >= 0.6 is 11.6 Å². The highest BCUT2D eigenvalue weighted by Gasteiger charge is 2.41. The maximum absolute atomic E-state index is 13.9. The predicted octanol–water partition coefficient (Wildman–Crippen LogP) is 6.11. The van der Waals surface area contributed by atoms with Crippen molar-refractivity contribution < 1.29 is 24.2 Å². The van der Waals surface area contributed by atoms with Crippen molar-refractivity contribution in [1.29, 1.82) is 0 Å². The van der Waals surface area contributed by atoms with Gasteiger partial charge in [0.2, 0.25) is 5.91 Å². The summed E-state index contributed by atoms with van der Waals surface area (Å²) in [6, 6.07) is 21.5. The number of ketones is 1. The average Bonchev–Trinajstić information content (AvgIpc) is 3.07. The Kier molecular flexibility index (Phi) is 7.20. The number of hydrogen-bond donors (Lipinski definition) is 2. The molecule has 5 rings (SSSR count). The summed E-state index contributed by atoms with van der Waals surface area (Å²) >= 11 is 6.10. The smallest absolute Gasteiger partial charge is 0.303 e. The van der Waals surface area contributed by atoms with Gasteiger partial charge in [0, 0.05) is 29.1 Å². The minimum Gasteiger partial charge on any atom is -0.497 e. The summed E-state index contributed by atoms with van der Waals surface area (Å²) in [5, 5.41) is 13.4. The second kappa shape index (κ2) is 10.7. The van der Waals surface area contributed by atoms with E-state index in [2.05, 4.69) is 5.32 Å². The van der Waals surface area contributed by atoms with E-state index in [-0.39, 0.29) is 36.9 Å². The standard InChI is InChI=1S/C30H27ClN2O5/c1-38-22-12-8-19(9-13-22)30-29-24(16-20(17-26(29)34)18-6-10-21(31)11-7-18)32-23-4-2-3-5-25(23)33(30)27(35)14-15-28(36)37/h2-13,20,30,32H,14-17H2,1H3,(H,36,37)/t20-,30-/m0/s1.